The molecule has 3 aromatic heterocycles. The van der Waals surface area contributed by atoms with Crippen LogP contribution in [0.3, 0.4) is 0 Å². The zero-order valence-electron chi connectivity index (χ0n) is 14.2. The summed E-state index contributed by atoms with van der Waals surface area (Å²) in [7, 11) is 0. The van der Waals surface area contributed by atoms with Gasteiger partial charge in [-0.25, -0.2) is 4.98 Å². The van der Waals surface area contributed by atoms with Crippen molar-refractivity contribution in [1.29, 1.82) is 0 Å². The van der Waals surface area contributed by atoms with Crippen molar-refractivity contribution in [2.45, 2.75) is 25.9 Å². The average molecular weight is 339 g/mol. The van der Waals surface area contributed by atoms with Gasteiger partial charge in [0.2, 0.25) is 0 Å². The maximum absolute atomic E-state index is 12.3. The number of fused-ring (bicyclic) bond motifs is 1. The van der Waals surface area contributed by atoms with Crippen LogP contribution in [0.5, 0.6) is 0 Å². The molecule has 3 aromatic rings. The lowest BCUT2D eigenvalue weighted by Crippen LogP contribution is -2.39. The van der Waals surface area contributed by atoms with E-state index in [0.29, 0.717) is 25.4 Å². The Bertz CT molecular complexity index is 931. The van der Waals surface area contributed by atoms with E-state index in [4.69, 9.17) is 9.15 Å². The lowest BCUT2D eigenvalue weighted by atomic mass is 10.1. The molecule has 0 N–H and O–H groups in total. The molecule has 0 radical (unpaired) electrons. The van der Waals surface area contributed by atoms with Crippen molar-refractivity contribution in [1.82, 2.24) is 14.3 Å². The number of rotatable bonds is 4. The fourth-order valence-corrected chi connectivity index (χ4v) is 3.25. The van der Waals surface area contributed by atoms with Crippen molar-refractivity contribution in [2.24, 2.45) is 0 Å². The monoisotopic (exact) mass is 339 g/mol. The first-order valence-corrected chi connectivity index (χ1v) is 8.62. The smallest absolute Gasteiger partial charge is 0.258 e. The van der Waals surface area contributed by atoms with Crippen LogP contribution in [0.2, 0.25) is 0 Å². The molecule has 1 aliphatic rings. The summed E-state index contributed by atoms with van der Waals surface area (Å²) in [6.07, 6.45) is 2.61. The molecule has 4 rings (SSSR count). The van der Waals surface area contributed by atoms with Crippen LogP contribution in [0.25, 0.3) is 5.65 Å². The first kappa shape index (κ1) is 16.1. The molecular formula is C19H21N3O3. The maximum Gasteiger partial charge on any atom is 0.258 e. The third-order valence-electron chi connectivity index (χ3n) is 4.59. The van der Waals surface area contributed by atoms with Gasteiger partial charge in [0, 0.05) is 31.8 Å². The lowest BCUT2D eigenvalue weighted by Gasteiger charge is -2.34. The van der Waals surface area contributed by atoms with Crippen molar-refractivity contribution in [3.8, 4) is 0 Å². The molecule has 1 saturated heterocycles. The van der Waals surface area contributed by atoms with Crippen LogP contribution < -0.4 is 5.56 Å². The number of furan rings is 1. The minimum atomic E-state index is -0.0586. The Kier molecular flexibility index (Phi) is 4.38. The first-order valence-electron chi connectivity index (χ1n) is 8.62. The highest BCUT2D eigenvalue weighted by molar-refractivity contribution is 5.38. The molecule has 0 aliphatic carbocycles. The van der Waals surface area contributed by atoms with Crippen molar-refractivity contribution >= 4 is 5.65 Å². The molecule has 0 amide bonds. The summed E-state index contributed by atoms with van der Waals surface area (Å²) in [5, 5.41) is 0. The molecule has 1 atom stereocenters. The fourth-order valence-electron chi connectivity index (χ4n) is 3.25. The van der Waals surface area contributed by atoms with E-state index >= 15 is 0 Å². The Labute approximate surface area is 145 Å². The molecule has 25 heavy (non-hydrogen) atoms. The van der Waals surface area contributed by atoms with Crippen molar-refractivity contribution < 1.29 is 9.15 Å². The zero-order valence-corrected chi connectivity index (χ0v) is 14.2. The van der Waals surface area contributed by atoms with Gasteiger partial charge < -0.3 is 9.15 Å². The second kappa shape index (κ2) is 6.82. The summed E-state index contributed by atoms with van der Waals surface area (Å²) in [5.41, 5.74) is 1.38. The Morgan fingerprint density at radius 3 is 3.04 bits per heavy atom. The zero-order chi connectivity index (χ0) is 17.2. The molecule has 6 heteroatoms. The van der Waals surface area contributed by atoms with Crippen LogP contribution in [0, 0.1) is 0 Å². The maximum atomic E-state index is 12.3. The first-order chi connectivity index (χ1) is 12.2. The molecule has 130 valence electrons. The second-order valence-corrected chi connectivity index (χ2v) is 6.23. The minimum absolute atomic E-state index is 0.0464. The number of hydrogen-bond acceptors (Lipinski definition) is 5. The van der Waals surface area contributed by atoms with Gasteiger partial charge in [-0.15, -0.1) is 0 Å². The summed E-state index contributed by atoms with van der Waals surface area (Å²) in [6, 6.07) is 11.3. The Morgan fingerprint density at radius 1 is 1.28 bits per heavy atom. The largest absolute Gasteiger partial charge is 0.464 e. The van der Waals surface area contributed by atoms with E-state index in [1.165, 1.54) is 0 Å². The summed E-state index contributed by atoms with van der Waals surface area (Å²) in [4.78, 5) is 19.2. The molecule has 1 aliphatic heterocycles. The van der Waals surface area contributed by atoms with Gasteiger partial charge >= 0.3 is 0 Å². The normalized spacial score (nSPS) is 18.7. The third kappa shape index (κ3) is 3.23. The van der Waals surface area contributed by atoms with E-state index in [-0.39, 0.29) is 11.6 Å². The summed E-state index contributed by atoms with van der Waals surface area (Å²) < 4.78 is 13.1. The van der Waals surface area contributed by atoms with Gasteiger partial charge in [0.25, 0.3) is 5.56 Å². The third-order valence-corrected chi connectivity index (χ3v) is 4.59. The number of morpholine rings is 1. The average Bonchev–Trinajstić information content (AvgIpc) is 3.11. The van der Waals surface area contributed by atoms with Crippen LogP contribution in [0.1, 0.15) is 30.2 Å². The van der Waals surface area contributed by atoms with Crippen molar-refractivity contribution in [3.63, 3.8) is 0 Å². The standard InChI is InChI=1S/C19H21N3O3/c1-2-15-6-7-17(25-15)16-13-24-10-9-21(16)12-14-11-19(23)22-8-4-3-5-18(22)20-14/h3-8,11,16H,2,9-10,12-13H2,1H3. The van der Waals surface area contributed by atoms with E-state index in [1.54, 1.807) is 16.7 Å². The van der Waals surface area contributed by atoms with E-state index in [2.05, 4.69) is 16.8 Å². The lowest BCUT2D eigenvalue weighted by molar-refractivity contribution is -0.0211. The predicted octanol–water partition coefficient (Wildman–Crippen LogP) is 2.42. The number of aromatic nitrogens is 2. The topological polar surface area (TPSA) is 60.0 Å². The molecule has 0 spiro atoms. The number of pyridine rings is 1. The van der Waals surface area contributed by atoms with Gasteiger partial charge in [-0.05, 0) is 24.3 Å². The van der Waals surface area contributed by atoms with Crippen molar-refractivity contribution in [3.05, 3.63) is 70.2 Å². The highest BCUT2D eigenvalue weighted by Crippen LogP contribution is 2.27. The molecule has 4 heterocycles. The van der Waals surface area contributed by atoms with Crippen LogP contribution in [0.4, 0.5) is 0 Å². The summed E-state index contributed by atoms with van der Waals surface area (Å²) >= 11 is 0. The van der Waals surface area contributed by atoms with Gasteiger partial charge in [0.1, 0.15) is 17.2 Å². The van der Waals surface area contributed by atoms with Gasteiger partial charge in [-0.1, -0.05) is 13.0 Å². The Balaban J connectivity index is 1.62. The van der Waals surface area contributed by atoms with Crippen LogP contribution in [-0.2, 0) is 17.7 Å². The summed E-state index contributed by atoms with van der Waals surface area (Å²) in [6.45, 7) is 4.71. The minimum Gasteiger partial charge on any atom is -0.464 e. The van der Waals surface area contributed by atoms with Gasteiger partial charge in [0.05, 0.1) is 24.9 Å². The Hall–Kier alpha value is -2.44. The second-order valence-electron chi connectivity index (χ2n) is 6.23. The number of hydrogen-bond donors (Lipinski definition) is 0. The van der Waals surface area contributed by atoms with Gasteiger partial charge in [-0.3, -0.25) is 14.1 Å². The quantitative estimate of drug-likeness (QED) is 0.731. The molecule has 1 unspecified atom stereocenters. The van der Waals surface area contributed by atoms with E-state index < -0.39 is 0 Å². The molecular weight excluding hydrogens is 318 g/mol. The van der Waals surface area contributed by atoms with Gasteiger partial charge in [-0.2, -0.15) is 0 Å². The molecule has 0 saturated carbocycles. The molecule has 0 bridgehead atoms. The van der Waals surface area contributed by atoms with E-state index in [9.17, 15) is 4.79 Å². The SMILES string of the molecule is CCc1ccc(C2COCCN2Cc2cc(=O)n3ccccc3n2)o1. The Morgan fingerprint density at radius 2 is 2.20 bits per heavy atom. The van der Waals surface area contributed by atoms with Crippen LogP contribution in [-0.4, -0.2) is 34.0 Å². The predicted molar refractivity (Wildman–Crippen MR) is 93.5 cm³/mol. The number of aryl methyl sites for hydroxylation is 1. The fraction of sp³-hybridized carbons (Fsp3) is 0.368. The summed E-state index contributed by atoms with van der Waals surface area (Å²) in [5.74, 6) is 1.89. The van der Waals surface area contributed by atoms with Crippen LogP contribution >= 0.6 is 0 Å². The molecule has 6 nitrogen and oxygen atoms in total. The number of ether oxygens (including phenoxy) is 1. The molecule has 1 fully saturated rings. The van der Waals surface area contributed by atoms with Crippen molar-refractivity contribution in [2.75, 3.05) is 19.8 Å². The highest BCUT2D eigenvalue weighted by Gasteiger charge is 2.27. The van der Waals surface area contributed by atoms with Crippen LogP contribution in [0.15, 0.2) is 51.8 Å². The van der Waals surface area contributed by atoms with E-state index in [1.807, 2.05) is 30.3 Å². The highest BCUT2D eigenvalue weighted by atomic mass is 16.5. The van der Waals surface area contributed by atoms with Gasteiger partial charge in [0.15, 0.2) is 0 Å². The molecule has 0 aromatic carbocycles. The van der Waals surface area contributed by atoms with E-state index in [0.717, 1.165) is 30.2 Å². The number of nitrogens with zero attached hydrogens (tertiary/aromatic N) is 3.